The van der Waals surface area contributed by atoms with Crippen molar-refractivity contribution in [3.63, 3.8) is 0 Å². The fourth-order valence-corrected chi connectivity index (χ4v) is 2.82. The van der Waals surface area contributed by atoms with Crippen LogP contribution in [-0.2, 0) is 16.0 Å². The average Bonchev–Trinajstić information content (AvgIpc) is 2.46. The molecule has 0 saturated carbocycles. The van der Waals surface area contributed by atoms with E-state index in [9.17, 15) is 4.79 Å². The van der Waals surface area contributed by atoms with Gasteiger partial charge in [0.25, 0.3) is 0 Å². The van der Waals surface area contributed by atoms with Gasteiger partial charge >= 0.3 is 5.97 Å². The van der Waals surface area contributed by atoms with Gasteiger partial charge in [-0.25, -0.2) is 0 Å². The lowest BCUT2D eigenvalue weighted by Crippen LogP contribution is -2.46. The lowest BCUT2D eigenvalue weighted by molar-refractivity contribution is -0.146. The smallest absolute Gasteiger partial charge is 0.325 e. The van der Waals surface area contributed by atoms with E-state index >= 15 is 0 Å². The van der Waals surface area contributed by atoms with Gasteiger partial charge in [0.05, 0.1) is 7.11 Å². The van der Waals surface area contributed by atoms with Crippen LogP contribution in [0.5, 0.6) is 0 Å². The summed E-state index contributed by atoms with van der Waals surface area (Å²) in [4.78, 5) is 13.9. The Bertz CT molecular complexity index is 471. The highest BCUT2D eigenvalue weighted by Crippen LogP contribution is 2.27. The monoisotopic (exact) mass is 276 g/mol. The van der Waals surface area contributed by atoms with Gasteiger partial charge in [-0.2, -0.15) is 0 Å². The molecule has 1 aromatic rings. The fourth-order valence-electron chi connectivity index (χ4n) is 2.82. The van der Waals surface area contributed by atoms with Crippen LogP contribution in [0.4, 0.5) is 5.69 Å². The highest BCUT2D eigenvalue weighted by atomic mass is 16.5. The zero-order chi connectivity index (χ0) is 14.6. The summed E-state index contributed by atoms with van der Waals surface area (Å²) in [5, 5.41) is 0. The van der Waals surface area contributed by atoms with E-state index in [0.29, 0.717) is 6.42 Å². The number of ether oxygens (including phenoxy) is 1. The van der Waals surface area contributed by atoms with Crippen molar-refractivity contribution in [2.75, 3.05) is 25.1 Å². The number of para-hydroxylation sites is 1. The van der Waals surface area contributed by atoms with Crippen molar-refractivity contribution in [1.82, 2.24) is 0 Å². The van der Waals surface area contributed by atoms with E-state index in [4.69, 9.17) is 10.5 Å². The summed E-state index contributed by atoms with van der Waals surface area (Å²) >= 11 is 0. The normalized spacial score (nSPS) is 17.2. The first-order chi connectivity index (χ1) is 9.54. The predicted octanol–water partition coefficient (Wildman–Crippen LogP) is 2.11. The third kappa shape index (κ3) is 3.31. The van der Waals surface area contributed by atoms with Crippen molar-refractivity contribution in [1.29, 1.82) is 0 Å². The lowest BCUT2D eigenvalue weighted by Gasteiger charge is -2.32. The quantitative estimate of drug-likeness (QED) is 0.837. The van der Waals surface area contributed by atoms with Gasteiger partial charge in [0, 0.05) is 18.8 Å². The van der Waals surface area contributed by atoms with E-state index in [1.165, 1.54) is 24.8 Å². The largest absolute Gasteiger partial charge is 0.468 e. The third-order valence-corrected chi connectivity index (χ3v) is 3.98. The molecule has 4 heteroatoms. The molecule has 4 nitrogen and oxygen atoms in total. The van der Waals surface area contributed by atoms with Crippen molar-refractivity contribution in [2.24, 2.45) is 5.73 Å². The minimum absolute atomic E-state index is 0.337. The van der Waals surface area contributed by atoms with Gasteiger partial charge in [0.15, 0.2) is 0 Å². The first-order valence-electron chi connectivity index (χ1n) is 7.25. The molecule has 1 heterocycles. The van der Waals surface area contributed by atoms with Crippen molar-refractivity contribution < 1.29 is 9.53 Å². The molecule has 110 valence electrons. The Morgan fingerprint density at radius 3 is 2.95 bits per heavy atom. The highest BCUT2D eigenvalue weighted by Gasteiger charge is 2.29. The number of rotatable bonds is 5. The molecule has 2 N–H and O–H groups in total. The molecule has 0 aromatic heterocycles. The van der Waals surface area contributed by atoms with Gasteiger partial charge < -0.3 is 15.4 Å². The topological polar surface area (TPSA) is 55.6 Å². The molecule has 0 radical (unpaired) electrons. The number of hydrogen-bond acceptors (Lipinski definition) is 4. The van der Waals surface area contributed by atoms with Crippen LogP contribution >= 0.6 is 0 Å². The summed E-state index contributed by atoms with van der Waals surface area (Å²) in [6, 6.07) is 8.55. The maximum Gasteiger partial charge on any atom is 0.325 e. The van der Waals surface area contributed by atoms with Gasteiger partial charge in [0.2, 0.25) is 0 Å². The van der Waals surface area contributed by atoms with Crippen LogP contribution in [0.2, 0.25) is 0 Å². The molecule has 0 saturated heterocycles. The number of fused-ring (bicyclic) bond motifs is 1. The van der Waals surface area contributed by atoms with Crippen LogP contribution in [0, 0.1) is 0 Å². The van der Waals surface area contributed by atoms with Crippen molar-refractivity contribution >= 4 is 11.7 Å². The molecule has 1 unspecified atom stereocenters. The van der Waals surface area contributed by atoms with Crippen LogP contribution in [0.3, 0.4) is 0 Å². The first kappa shape index (κ1) is 14.9. The van der Waals surface area contributed by atoms with Crippen molar-refractivity contribution in [3.05, 3.63) is 29.8 Å². The van der Waals surface area contributed by atoms with Gasteiger partial charge in [-0.3, -0.25) is 4.79 Å². The number of esters is 1. The molecule has 1 aliphatic rings. The predicted molar refractivity (Wildman–Crippen MR) is 80.8 cm³/mol. The van der Waals surface area contributed by atoms with E-state index in [2.05, 4.69) is 29.2 Å². The van der Waals surface area contributed by atoms with E-state index in [0.717, 1.165) is 25.9 Å². The zero-order valence-electron chi connectivity index (χ0n) is 12.4. The molecular formula is C16H24N2O2. The van der Waals surface area contributed by atoms with E-state index in [1.54, 1.807) is 6.92 Å². The van der Waals surface area contributed by atoms with Crippen LogP contribution in [0.15, 0.2) is 24.3 Å². The zero-order valence-corrected chi connectivity index (χ0v) is 12.4. The molecule has 20 heavy (non-hydrogen) atoms. The highest BCUT2D eigenvalue weighted by molar-refractivity contribution is 5.79. The SMILES string of the molecule is COC(=O)C(C)(N)CCCN1CCCc2ccccc21. The van der Waals surface area contributed by atoms with Crippen LogP contribution < -0.4 is 10.6 Å². The number of aryl methyl sites for hydroxylation is 1. The summed E-state index contributed by atoms with van der Waals surface area (Å²) in [6.45, 7) is 3.75. The molecular weight excluding hydrogens is 252 g/mol. The van der Waals surface area contributed by atoms with E-state index in [1.807, 2.05) is 0 Å². The van der Waals surface area contributed by atoms with Gasteiger partial charge in [-0.15, -0.1) is 0 Å². The molecule has 0 spiro atoms. The fraction of sp³-hybridized carbons (Fsp3) is 0.562. The van der Waals surface area contributed by atoms with Gasteiger partial charge in [0.1, 0.15) is 5.54 Å². The Morgan fingerprint density at radius 1 is 1.45 bits per heavy atom. The summed E-state index contributed by atoms with van der Waals surface area (Å²) in [5.74, 6) is -0.337. The molecule has 0 fully saturated rings. The number of nitrogens with two attached hydrogens (primary N) is 1. The summed E-state index contributed by atoms with van der Waals surface area (Å²) < 4.78 is 4.74. The minimum Gasteiger partial charge on any atom is -0.468 e. The average molecular weight is 276 g/mol. The maximum atomic E-state index is 11.6. The van der Waals surface area contributed by atoms with Crippen molar-refractivity contribution in [3.8, 4) is 0 Å². The Morgan fingerprint density at radius 2 is 2.20 bits per heavy atom. The van der Waals surface area contributed by atoms with Crippen LogP contribution in [0.25, 0.3) is 0 Å². The Labute approximate surface area is 120 Å². The second-order valence-electron chi connectivity index (χ2n) is 5.73. The molecule has 2 rings (SSSR count). The molecule has 1 aromatic carbocycles. The molecule has 0 aliphatic carbocycles. The second kappa shape index (κ2) is 6.27. The number of benzene rings is 1. The summed E-state index contributed by atoms with van der Waals surface area (Å²) in [5.41, 5.74) is 7.85. The second-order valence-corrected chi connectivity index (χ2v) is 5.73. The van der Waals surface area contributed by atoms with E-state index in [-0.39, 0.29) is 5.97 Å². The molecule has 0 amide bonds. The number of nitrogens with zero attached hydrogens (tertiary/aromatic N) is 1. The number of methoxy groups -OCH3 is 1. The Hall–Kier alpha value is -1.55. The standard InChI is InChI=1S/C16H24N2O2/c1-16(17,15(19)20-2)10-6-12-18-11-5-8-13-7-3-4-9-14(13)18/h3-4,7,9H,5-6,8,10-12,17H2,1-2H3. The number of hydrogen-bond donors (Lipinski definition) is 1. The minimum atomic E-state index is -0.885. The Kier molecular flexibility index (Phi) is 4.65. The van der Waals surface area contributed by atoms with Gasteiger partial charge in [-0.1, -0.05) is 18.2 Å². The third-order valence-electron chi connectivity index (χ3n) is 3.98. The summed E-state index contributed by atoms with van der Waals surface area (Å²) in [7, 11) is 1.38. The van der Waals surface area contributed by atoms with Crippen LogP contribution in [0.1, 0.15) is 31.7 Å². The molecule has 0 bridgehead atoms. The molecule has 1 aliphatic heterocycles. The summed E-state index contributed by atoms with van der Waals surface area (Å²) in [6.07, 6.45) is 3.87. The van der Waals surface area contributed by atoms with Gasteiger partial charge in [-0.05, 0) is 44.2 Å². The van der Waals surface area contributed by atoms with Crippen LogP contribution in [-0.4, -0.2) is 31.7 Å². The number of carbonyl (C=O) groups excluding carboxylic acids is 1. The Balaban J connectivity index is 1.91. The first-order valence-corrected chi connectivity index (χ1v) is 7.25. The van der Waals surface area contributed by atoms with Crippen molar-refractivity contribution in [2.45, 2.75) is 38.1 Å². The number of carbonyl (C=O) groups is 1. The molecule has 1 atom stereocenters. The lowest BCUT2D eigenvalue weighted by atomic mass is 9.96. The maximum absolute atomic E-state index is 11.6. The van der Waals surface area contributed by atoms with E-state index < -0.39 is 5.54 Å². The number of anilines is 1.